The van der Waals surface area contributed by atoms with E-state index >= 15 is 0 Å². The highest BCUT2D eigenvalue weighted by Gasteiger charge is 2.06. The molecule has 0 saturated carbocycles. The molecule has 1 heterocycles. The first-order chi connectivity index (χ1) is 10.3. The Morgan fingerprint density at radius 2 is 2.00 bits per heavy atom. The second kappa shape index (κ2) is 6.10. The van der Waals surface area contributed by atoms with Gasteiger partial charge in [0.05, 0.1) is 12.6 Å². The topological polar surface area (TPSA) is 47.0 Å². The van der Waals surface area contributed by atoms with Gasteiger partial charge in [-0.05, 0) is 24.3 Å². The van der Waals surface area contributed by atoms with Gasteiger partial charge in [-0.15, -0.1) is 0 Å². The average Bonchev–Trinajstić information content (AvgIpc) is 2.52. The number of hydrogen-bond acceptors (Lipinski definition) is 4. The highest BCUT2D eigenvalue weighted by Crippen LogP contribution is 2.24. The van der Waals surface area contributed by atoms with Gasteiger partial charge < -0.3 is 10.1 Å². The number of para-hydroxylation sites is 1. The predicted molar refractivity (Wildman–Crippen MR) is 87.6 cm³/mol. The van der Waals surface area contributed by atoms with E-state index in [1.807, 2.05) is 42.5 Å². The third-order valence-corrected chi connectivity index (χ3v) is 3.73. The summed E-state index contributed by atoms with van der Waals surface area (Å²) in [5, 5.41) is 4.35. The van der Waals surface area contributed by atoms with E-state index in [4.69, 9.17) is 4.74 Å². The van der Waals surface area contributed by atoms with Crippen LogP contribution in [-0.2, 0) is 6.54 Å². The summed E-state index contributed by atoms with van der Waals surface area (Å²) in [6.07, 6.45) is 1.57. The second-order valence-corrected chi connectivity index (χ2v) is 5.46. The van der Waals surface area contributed by atoms with Crippen molar-refractivity contribution in [1.82, 2.24) is 9.97 Å². The molecular weight excluding hydrogens is 330 g/mol. The number of halogens is 1. The summed E-state index contributed by atoms with van der Waals surface area (Å²) in [5.41, 5.74) is 1.99. The van der Waals surface area contributed by atoms with E-state index in [1.165, 1.54) is 0 Å². The fraction of sp³-hybridized carbons (Fsp3) is 0.125. The van der Waals surface area contributed by atoms with E-state index in [0.29, 0.717) is 6.54 Å². The van der Waals surface area contributed by atoms with Crippen LogP contribution in [0.15, 0.2) is 53.3 Å². The molecule has 1 aromatic heterocycles. The van der Waals surface area contributed by atoms with Crippen LogP contribution in [0, 0.1) is 0 Å². The molecule has 106 valence electrons. The Balaban J connectivity index is 1.88. The number of anilines is 1. The van der Waals surface area contributed by atoms with Gasteiger partial charge >= 0.3 is 0 Å². The molecule has 3 aromatic rings. The standard InChI is InChI=1S/C16H14BrN3O/c1-21-15-5-3-2-4-11(15)9-18-16-13-7-6-12(17)8-14(13)19-10-20-16/h2-8,10H,9H2,1H3,(H,18,19,20). The van der Waals surface area contributed by atoms with Crippen LogP contribution in [0.5, 0.6) is 5.75 Å². The van der Waals surface area contributed by atoms with E-state index in [1.54, 1.807) is 13.4 Å². The second-order valence-electron chi connectivity index (χ2n) is 4.55. The molecule has 4 nitrogen and oxygen atoms in total. The Hall–Kier alpha value is -2.14. The number of hydrogen-bond donors (Lipinski definition) is 1. The van der Waals surface area contributed by atoms with Crippen LogP contribution < -0.4 is 10.1 Å². The molecule has 0 saturated heterocycles. The smallest absolute Gasteiger partial charge is 0.137 e. The van der Waals surface area contributed by atoms with Crippen molar-refractivity contribution in [2.75, 3.05) is 12.4 Å². The monoisotopic (exact) mass is 343 g/mol. The van der Waals surface area contributed by atoms with E-state index in [9.17, 15) is 0 Å². The van der Waals surface area contributed by atoms with Crippen LogP contribution in [0.3, 0.4) is 0 Å². The van der Waals surface area contributed by atoms with Gasteiger partial charge in [0.1, 0.15) is 17.9 Å². The van der Waals surface area contributed by atoms with Gasteiger partial charge in [0.15, 0.2) is 0 Å². The van der Waals surface area contributed by atoms with Gasteiger partial charge in [0.25, 0.3) is 0 Å². The molecule has 0 spiro atoms. The molecule has 0 amide bonds. The highest BCUT2D eigenvalue weighted by atomic mass is 79.9. The van der Waals surface area contributed by atoms with Crippen molar-refractivity contribution in [2.45, 2.75) is 6.54 Å². The molecule has 5 heteroatoms. The predicted octanol–water partition coefficient (Wildman–Crippen LogP) is 4.01. The molecule has 0 aliphatic rings. The number of aromatic nitrogens is 2. The minimum absolute atomic E-state index is 0.645. The number of fused-ring (bicyclic) bond motifs is 1. The zero-order valence-corrected chi connectivity index (χ0v) is 13.1. The maximum absolute atomic E-state index is 5.36. The summed E-state index contributed by atoms with van der Waals surface area (Å²) in [4.78, 5) is 8.61. The first kappa shape index (κ1) is 13.8. The van der Waals surface area contributed by atoms with Crippen LogP contribution in [0.1, 0.15) is 5.56 Å². The fourth-order valence-electron chi connectivity index (χ4n) is 2.20. The maximum Gasteiger partial charge on any atom is 0.137 e. The van der Waals surface area contributed by atoms with Crippen LogP contribution in [0.2, 0.25) is 0 Å². The van der Waals surface area contributed by atoms with Crippen molar-refractivity contribution in [1.29, 1.82) is 0 Å². The van der Waals surface area contributed by atoms with Gasteiger partial charge in [-0.2, -0.15) is 0 Å². The number of rotatable bonds is 4. The minimum atomic E-state index is 0.645. The molecule has 3 rings (SSSR count). The third-order valence-electron chi connectivity index (χ3n) is 3.24. The number of nitrogens with zero attached hydrogens (tertiary/aromatic N) is 2. The van der Waals surface area contributed by atoms with Gasteiger partial charge in [-0.1, -0.05) is 34.1 Å². The molecule has 1 N–H and O–H groups in total. The van der Waals surface area contributed by atoms with Crippen LogP contribution in [0.4, 0.5) is 5.82 Å². The normalized spacial score (nSPS) is 10.6. The zero-order chi connectivity index (χ0) is 14.7. The lowest BCUT2D eigenvalue weighted by Crippen LogP contribution is -2.04. The molecule has 0 atom stereocenters. The summed E-state index contributed by atoms with van der Waals surface area (Å²) in [7, 11) is 1.68. The van der Waals surface area contributed by atoms with Gasteiger partial charge in [0, 0.05) is 22.0 Å². The summed E-state index contributed by atoms with van der Waals surface area (Å²) >= 11 is 3.45. The molecule has 2 aromatic carbocycles. The van der Waals surface area contributed by atoms with E-state index in [0.717, 1.165) is 32.5 Å². The Labute approximate surface area is 131 Å². The third kappa shape index (κ3) is 2.97. The quantitative estimate of drug-likeness (QED) is 0.777. The number of benzene rings is 2. The molecule has 0 radical (unpaired) electrons. The lowest BCUT2D eigenvalue weighted by Gasteiger charge is -2.11. The van der Waals surface area contributed by atoms with Crippen LogP contribution in [0.25, 0.3) is 10.9 Å². The lowest BCUT2D eigenvalue weighted by atomic mass is 10.2. The maximum atomic E-state index is 5.36. The first-order valence-corrected chi connectivity index (χ1v) is 7.33. The average molecular weight is 344 g/mol. The zero-order valence-electron chi connectivity index (χ0n) is 11.5. The molecule has 0 aliphatic carbocycles. The molecule has 0 unspecified atom stereocenters. The van der Waals surface area contributed by atoms with Crippen LogP contribution in [-0.4, -0.2) is 17.1 Å². The molecular formula is C16H14BrN3O. The Kier molecular flexibility index (Phi) is 4.01. The van der Waals surface area contributed by atoms with E-state index in [2.05, 4.69) is 31.2 Å². The van der Waals surface area contributed by atoms with E-state index < -0.39 is 0 Å². The van der Waals surface area contributed by atoms with E-state index in [-0.39, 0.29) is 0 Å². The fourth-order valence-corrected chi connectivity index (χ4v) is 2.55. The molecule has 21 heavy (non-hydrogen) atoms. The van der Waals surface area contributed by atoms with Gasteiger partial charge in [-0.25, -0.2) is 9.97 Å². The largest absolute Gasteiger partial charge is 0.496 e. The number of ether oxygens (including phenoxy) is 1. The summed E-state index contributed by atoms with van der Waals surface area (Å²) < 4.78 is 6.36. The molecule has 0 bridgehead atoms. The number of nitrogens with one attached hydrogen (secondary N) is 1. The SMILES string of the molecule is COc1ccccc1CNc1ncnc2cc(Br)ccc12. The number of methoxy groups -OCH3 is 1. The minimum Gasteiger partial charge on any atom is -0.496 e. The van der Waals surface area contributed by atoms with Gasteiger partial charge in [0.2, 0.25) is 0 Å². The Morgan fingerprint density at radius 1 is 1.14 bits per heavy atom. The summed E-state index contributed by atoms with van der Waals surface area (Å²) in [5.74, 6) is 1.68. The molecule has 0 aliphatic heterocycles. The molecule has 0 fully saturated rings. The van der Waals surface area contributed by atoms with Crippen LogP contribution >= 0.6 is 15.9 Å². The highest BCUT2D eigenvalue weighted by molar-refractivity contribution is 9.10. The Morgan fingerprint density at radius 3 is 2.86 bits per heavy atom. The van der Waals surface area contributed by atoms with Crippen molar-refractivity contribution in [3.63, 3.8) is 0 Å². The summed E-state index contributed by atoms with van der Waals surface area (Å²) in [6, 6.07) is 13.9. The van der Waals surface area contributed by atoms with Crippen molar-refractivity contribution in [2.24, 2.45) is 0 Å². The van der Waals surface area contributed by atoms with Crippen molar-refractivity contribution >= 4 is 32.7 Å². The Bertz CT molecular complexity index is 776. The van der Waals surface area contributed by atoms with Crippen molar-refractivity contribution in [3.8, 4) is 5.75 Å². The summed E-state index contributed by atoms with van der Waals surface area (Å²) in [6.45, 7) is 0.645. The lowest BCUT2D eigenvalue weighted by molar-refractivity contribution is 0.410. The first-order valence-electron chi connectivity index (χ1n) is 6.54. The van der Waals surface area contributed by atoms with Crippen molar-refractivity contribution in [3.05, 3.63) is 58.8 Å². The van der Waals surface area contributed by atoms with Crippen molar-refractivity contribution < 1.29 is 4.74 Å². The van der Waals surface area contributed by atoms with Gasteiger partial charge in [-0.3, -0.25) is 0 Å².